The van der Waals surface area contributed by atoms with Gasteiger partial charge in [-0.05, 0) is 18.2 Å². The van der Waals surface area contributed by atoms with Crippen molar-refractivity contribution in [1.82, 2.24) is 10.1 Å². The highest BCUT2D eigenvalue weighted by molar-refractivity contribution is 9.10. The molecular weight excluding hydrogens is 276 g/mol. The van der Waals surface area contributed by atoms with Crippen molar-refractivity contribution in [2.24, 2.45) is 0 Å². The molecule has 2 rings (SSSR count). The zero-order chi connectivity index (χ0) is 11.5. The van der Waals surface area contributed by atoms with Crippen molar-refractivity contribution >= 4 is 15.9 Å². The van der Waals surface area contributed by atoms with Gasteiger partial charge in [0.2, 0.25) is 5.82 Å². The second-order valence-electron chi connectivity index (χ2n) is 3.01. The minimum Gasteiger partial charge on any atom is -0.496 e. The summed E-state index contributed by atoms with van der Waals surface area (Å²) >= 11 is 3.34. The summed E-state index contributed by atoms with van der Waals surface area (Å²) < 4.78 is 10.9. The van der Waals surface area contributed by atoms with Crippen LogP contribution in [0.1, 0.15) is 5.89 Å². The number of aliphatic hydroxyl groups is 1. The van der Waals surface area contributed by atoms with E-state index in [0.29, 0.717) is 17.1 Å². The highest BCUT2D eigenvalue weighted by Crippen LogP contribution is 2.30. The van der Waals surface area contributed by atoms with Crippen molar-refractivity contribution in [3.05, 3.63) is 28.6 Å². The summed E-state index contributed by atoms with van der Waals surface area (Å²) in [6.45, 7) is -0.272. The highest BCUT2D eigenvalue weighted by Gasteiger charge is 2.12. The number of halogens is 1. The molecule has 6 heteroatoms. The first-order valence-electron chi connectivity index (χ1n) is 4.52. The Kier molecular flexibility index (Phi) is 3.21. The third kappa shape index (κ3) is 2.07. The quantitative estimate of drug-likeness (QED) is 0.934. The highest BCUT2D eigenvalue weighted by atomic mass is 79.9. The van der Waals surface area contributed by atoms with Gasteiger partial charge in [0.1, 0.15) is 12.4 Å². The van der Waals surface area contributed by atoms with Gasteiger partial charge < -0.3 is 14.4 Å². The summed E-state index contributed by atoms with van der Waals surface area (Å²) in [4.78, 5) is 4.01. The van der Waals surface area contributed by atoms with Gasteiger partial charge in [0.25, 0.3) is 5.89 Å². The summed E-state index contributed by atoms with van der Waals surface area (Å²) in [5.41, 5.74) is 0.717. The fourth-order valence-corrected chi connectivity index (χ4v) is 1.62. The Balaban J connectivity index is 2.46. The van der Waals surface area contributed by atoms with E-state index in [-0.39, 0.29) is 12.5 Å². The SMILES string of the molecule is COc1cc(Br)ccc1-c1noc(CO)n1. The summed E-state index contributed by atoms with van der Waals surface area (Å²) in [5.74, 6) is 1.22. The van der Waals surface area contributed by atoms with E-state index in [4.69, 9.17) is 14.4 Å². The molecular formula is C10H9BrN2O3. The van der Waals surface area contributed by atoms with Crippen LogP contribution in [0.3, 0.4) is 0 Å². The number of aliphatic hydroxyl groups excluding tert-OH is 1. The lowest BCUT2D eigenvalue weighted by molar-refractivity contribution is 0.222. The van der Waals surface area contributed by atoms with E-state index >= 15 is 0 Å². The topological polar surface area (TPSA) is 68.4 Å². The fourth-order valence-electron chi connectivity index (χ4n) is 1.28. The molecule has 1 aromatic heterocycles. The minimum absolute atomic E-state index is 0.181. The van der Waals surface area contributed by atoms with Gasteiger partial charge in [0.05, 0.1) is 12.7 Å². The number of aromatic nitrogens is 2. The van der Waals surface area contributed by atoms with Crippen LogP contribution in [0.2, 0.25) is 0 Å². The van der Waals surface area contributed by atoms with Crippen LogP contribution < -0.4 is 4.74 Å². The Morgan fingerprint density at radius 3 is 2.94 bits per heavy atom. The predicted octanol–water partition coefficient (Wildman–Crippen LogP) is 2.00. The zero-order valence-electron chi connectivity index (χ0n) is 8.48. The van der Waals surface area contributed by atoms with Gasteiger partial charge >= 0.3 is 0 Å². The Hall–Kier alpha value is -1.40. The van der Waals surface area contributed by atoms with Crippen molar-refractivity contribution in [2.45, 2.75) is 6.61 Å². The Labute approximate surface area is 100 Å². The molecule has 0 aliphatic carbocycles. The van der Waals surface area contributed by atoms with Crippen LogP contribution in [0.5, 0.6) is 5.75 Å². The number of benzene rings is 1. The van der Waals surface area contributed by atoms with Crippen LogP contribution in [0, 0.1) is 0 Å². The number of hydrogen-bond acceptors (Lipinski definition) is 5. The van der Waals surface area contributed by atoms with Crippen LogP contribution in [0.15, 0.2) is 27.2 Å². The molecule has 0 bridgehead atoms. The molecule has 0 saturated heterocycles. The molecule has 1 aromatic carbocycles. The lowest BCUT2D eigenvalue weighted by Gasteiger charge is -2.04. The lowest BCUT2D eigenvalue weighted by Crippen LogP contribution is -1.90. The van der Waals surface area contributed by atoms with Gasteiger partial charge in [0.15, 0.2) is 0 Å². The number of ether oxygens (including phenoxy) is 1. The molecule has 0 aliphatic heterocycles. The maximum atomic E-state index is 8.83. The van der Waals surface area contributed by atoms with Gasteiger partial charge in [0, 0.05) is 4.47 Å². The Bertz CT molecular complexity index is 499. The molecule has 0 saturated carbocycles. The van der Waals surface area contributed by atoms with Crippen LogP contribution in [0.4, 0.5) is 0 Å². The first-order valence-corrected chi connectivity index (χ1v) is 5.31. The third-order valence-corrected chi connectivity index (χ3v) is 2.50. The van der Waals surface area contributed by atoms with Gasteiger partial charge in [-0.15, -0.1) is 0 Å². The number of nitrogens with zero attached hydrogens (tertiary/aromatic N) is 2. The second kappa shape index (κ2) is 4.63. The van der Waals surface area contributed by atoms with Crippen molar-refractivity contribution in [3.63, 3.8) is 0 Å². The van der Waals surface area contributed by atoms with Crippen molar-refractivity contribution in [1.29, 1.82) is 0 Å². The van der Waals surface area contributed by atoms with Crippen molar-refractivity contribution in [2.75, 3.05) is 7.11 Å². The standard InChI is InChI=1S/C10H9BrN2O3/c1-15-8-4-6(11)2-3-7(8)10-12-9(5-14)16-13-10/h2-4,14H,5H2,1H3. The summed E-state index contributed by atoms with van der Waals surface area (Å²) in [7, 11) is 1.57. The van der Waals surface area contributed by atoms with E-state index in [0.717, 1.165) is 4.47 Å². The van der Waals surface area contributed by atoms with Gasteiger partial charge in [-0.1, -0.05) is 21.1 Å². The van der Waals surface area contributed by atoms with Crippen LogP contribution in [0.25, 0.3) is 11.4 Å². The third-order valence-electron chi connectivity index (χ3n) is 2.01. The first kappa shape index (κ1) is 11.1. The molecule has 0 fully saturated rings. The molecule has 5 nitrogen and oxygen atoms in total. The minimum atomic E-state index is -0.272. The predicted molar refractivity (Wildman–Crippen MR) is 59.9 cm³/mol. The fraction of sp³-hybridized carbons (Fsp3) is 0.200. The van der Waals surface area contributed by atoms with Crippen molar-refractivity contribution < 1.29 is 14.4 Å². The lowest BCUT2D eigenvalue weighted by atomic mass is 10.2. The molecule has 0 amide bonds. The molecule has 0 atom stereocenters. The van der Waals surface area contributed by atoms with E-state index in [1.54, 1.807) is 7.11 Å². The molecule has 1 N–H and O–H groups in total. The molecule has 16 heavy (non-hydrogen) atoms. The van der Waals surface area contributed by atoms with E-state index in [1.807, 2.05) is 18.2 Å². The van der Waals surface area contributed by atoms with E-state index in [2.05, 4.69) is 26.1 Å². The number of rotatable bonds is 3. The van der Waals surface area contributed by atoms with Gasteiger partial charge in [-0.3, -0.25) is 0 Å². The molecule has 2 aromatic rings. The van der Waals surface area contributed by atoms with Gasteiger partial charge in [-0.25, -0.2) is 0 Å². The normalized spacial score (nSPS) is 10.4. The van der Waals surface area contributed by atoms with E-state index in [1.165, 1.54) is 0 Å². The smallest absolute Gasteiger partial charge is 0.252 e. The first-order chi connectivity index (χ1) is 7.74. The maximum Gasteiger partial charge on any atom is 0.252 e. The molecule has 0 radical (unpaired) electrons. The van der Waals surface area contributed by atoms with Crippen LogP contribution in [-0.4, -0.2) is 22.4 Å². The Morgan fingerprint density at radius 1 is 1.50 bits per heavy atom. The van der Waals surface area contributed by atoms with Gasteiger partial charge in [-0.2, -0.15) is 4.98 Å². The van der Waals surface area contributed by atoms with Crippen LogP contribution >= 0.6 is 15.9 Å². The Morgan fingerprint density at radius 2 is 2.31 bits per heavy atom. The maximum absolute atomic E-state index is 8.83. The number of hydrogen-bond donors (Lipinski definition) is 1. The second-order valence-corrected chi connectivity index (χ2v) is 3.93. The van der Waals surface area contributed by atoms with E-state index in [9.17, 15) is 0 Å². The molecule has 0 spiro atoms. The number of methoxy groups -OCH3 is 1. The average molecular weight is 285 g/mol. The van der Waals surface area contributed by atoms with E-state index < -0.39 is 0 Å². The molecule has 1 heterocycles. The molecule has 84 valence electrons. The largest absolute Gasteiger partial charge is 0.496 e. The molecule has 0 aliphatic rings. The summed E-state index contributed by atoms with van der Waals surface area (Å²) in [6.07, 6.45) is 0. The van der Waals surface area contributed by atoms with Crippen LogP contribution in [-0.2, 0) is 6.61 Å². The van der Waals surface area contributed by atoms with Crippen molar-refractivity contribution in [3.8, 4) is 17.1 Å². The summed E-state index contributed by atoms with van der Waals surface area (Å²) in [6, 6.07) is 5.48. The summed E-state index contributed by atoms with van der Waals surface area (Å²) in [5, 5.41) is 12.6. The zero-order valence-corrected chi connectivity index (χ0v) is 10.1. The molecule has 0 unspecified atom stereocenters. The monoisotopic (exact) mass is 284 g/mol. The average Bonchev–Trinajstić information content (AvgIpc) is 2.77.